The molecule has 2 aromatic rings. The molecule has 0 spiro atoms. The molecule has 3 nitrogen and oxygen atoms in total. The molecule has 0 aliphatic rings. The van der Waals surface area contributed by atoms with E-state index in [0.717, 1.165) is 4.47 Å². The second kappa shape index (κ2) is 5.48. The monoisotopic (exact) mass is 300 g/mol. The smallest absolute Gasteiger partial charge is 0.255 e. The summed E-state index contributed by atoms with van der Waals surface area (Å²) in [5.41, 5.74) is 1.77. The molecule has 2 aromatic carbocycles. The summed E-state index contributed by atoms with van der Waals surface area (Å²) in [6.45, 7) is 0. The zero-order chi connectivity index (χ0) is 13.0. The van der Waals surface area contributed by atoms with E-state index in [9.17, 15) is 4.79 Å². The van der Waals surface area contributed by atoms with Crippen LogP contribution in [0.2, 0.25) is 0 Å². The molecule has 0 saturated carbocycles. The van der Waals surface area contributed by atoms with Gasteiger partial charge in [-0.15, -0.1) is 0 Å². The van der Waals surface area contributed by atoms with Crippen LogP contribution in [0.3, 0.4) is 0 Å². The highest BCUT2D eigenvalue weighted by molar-refractivity contribution is 9.10. The zero-order valence-electron chi connectivity index (χ0n) is 9.35. The van der Waals surface area contributed by atoms with Crippen molar-refractivity contribution in [2.24, 2.45) is 0 Å². The van der Waals surface area contributed by atoms with E-state index < -0.39 is 0 Å². The lowest BCUT2D eigenvalue weighted by molar-refractivity contribution is 0.102. The van der Waals surface area contributed by atoms with Crippen molar-refractivity contribution in [2.45, 2.75) is 0 Å². The lowest BCUT2D eigenvalue weighted by Gasteiger charge is -2.06. The molecule has 88 valence electrons. The molecular weight excluding hydrogens is 292 g/mol. The molecule has 0 saturated heterocycles. The summed E-state index contributed by atoms with van der Waals surface area (Å²) in [7, 11) is 0. The number of amides is 1. The van der Waals surface area contributed by atoms with Crippen LogP contribution in [-0.4, -0.2) is 5.91 Å². The van der Waals surface area contributed by atoms with Crippen LogP contribution < -0.4 is 5.32 Å². The highest BCUT2D eigenvalue weighted by atomic mass is 79.9. The molecule has 18 heavy (non-hydrogen) atoms. The molecule has 0 aliphatic carbocycles. The fourth-order valence-electron chi connectivity index (χ4n) is 1.45. The first-order valence-corrected chi connectivity index (χ1v) is 6.06. The third kappa shape index (κ3) is 2.76. The average Bonchev–Trinajstić information content (AvgIpc) is 2.41. The first-order valence-electron chi connectivity index (χ1n) is 5.27. The summed E-state index contributed by atoms with van der Waals surface area (Å²) >= 11 is 3.36. The summed E-state index contributed by atoms with van der Waals surface area (Å²) in [6, 6.07) is 15.9. The predicted molar refractivity (Wildman–Crippen MR) is 73.3 cm³/mol. The number of carbonyl (C=O) groups excluding carboxylic acids is 1. The van der Waals surface area contributed by atoms with E-state index >= 15 is 0 Å². The van der Waals surface area contributed by atoms with Crippen LogP contribution >= 0.6 is 15.9 Å². The third-order valence-corrected chi connectivity index (χ3v) is 3.09. The fraction of sp³-hybridized carbons (Fsp3) is 0. The van der Waals surface area contributed by atoms with Gasteiger partial charge in [-0.25, -0.2) is 0 Å². The summed E-state index contributed by atoms with van der Waals surface area (Å²) in [4.78, 5) is 12.0. The van der Waals surface area contributed by atoms with E-state index in [4.69, 9.17) is 5.26 Å². The maximum absolute atomic E-state index is 12.0. The predicted octanol–water partition coefficient (Wildman–Crippen LogP) is 3.57. The Hall–Kier alpha value is -2.12. The standard InChI is InChI=1S/C14H9BrN2O/c15-12-3-1-2-4-13(12)17-14(18)11-7-5-10(9-16)6-8-11/h1-8H,(H,17,18). The van der Waals surface area contributed by atoms with Gasteiger partial charge in [-0.1, -0.05) is 12.1 Å². The summed E-state index contributed by atoms with van der Waals surface area (Å²) < 4.78 is 0.826. The van der Waals surface area contributed by atoms with E-state index in [0.29, 0.717) is 16.8 Å². The maximum Gasteiger partial charge on any atom is 0.255 e. The Morgan fingerprint density at radius 2 is 1.78 bits per heavy atom. The molecule has 0 bridgehead atoms. The van der Waals surface area contributed by atoms with Crippen LogP contribution in [-0.2, 0) is 0 Å². The van der Waals surface area contributed by atoms with Crippen LogP contribution in [0.15, 0.2) is 53.0 Å². The number of halogens is 1. The molecule has 0 fully saturated rings. The van der Waals surface area contributed by atoms with Crippen molar-refractivity contribution in [3.8, 4) is 6.07 Å². The van der Waals surface area contributed by atoms with E-state index in [-0.39, 0.29) is 5.91 Å². The number of benzene rings is 2. The highest BCUT2D eigenvalue weighted by Gasteiger charge is 2.07. The Morgan fingerprint density at radius 1 is 1.11 bits per heavy atom. The number of nitriles is 1. The van der Waals surface area contributed by atoms with Crippen molar-refractivity contribution in [1.82, 2.24) is 0 Å². The second-order valence-electron chi connectivity index (χ2n) is 3.62. The number of nitrogens with zero attached hydrogens (tertiary/aromatic N) is 1. The fourth-order valence-corrected chi connectivity index (χ4v) is 1.84. The van der Waals surface area contributed by atoms with Crippen LogP contribution in [0.1, 0.15) is 15.9 Å². The second-order valence-corrected chi connectivity index (χ2v) is 4.48. The van der Waals surface area contributed by atoms with E-state index in [2.05, 4.69) is 21.2 Å². The molecule has 0 aromatic heterocycles. The quantitative estimate of drug-likeness (QED) is 0.922. The molecule has 0 unspecified atom stereocenters. The molecule has 0 atom stereocenters. The summed E-state index contributed by atoms with van der Waals surface area (Å²) in [5.74, 6) is -0.202. The minimum Gasteiger partial charge on any atom is -0.321 e. The Labute approximate surface area is 113 Å². The SMILES string of the molecule is N#Cc1ccc(C(=O)Nc2ccccc2Br)cc1. The van der Waals surface area contributed by atoms with Gasteiger partial charge in [0.1, 0.15) is 0 Å². The molecule has 0 aliphatic heterocycles. The molecule has 2 rings (SSSR count). The van der Waals surface area contributed by atoms with Gasteiger partial charge in [-0.2, -0.15) is 5.26 Å². The van der Waals surface area contributed by atoms with Crippen LogP contribution in [0.4, 0.5) is 5.69 Å². The molecule has 1 N–H and O–H groups in total. The van der Waals surface area contributed by atoms with Crippen LogP contribution in [0, 0.1) is 11.3 Å². The number of hydrogen-bond acceptors (Lipinski definition) is 2. The zero-order valence-corrected chi connectivity index (χ0v) is 10.9. The summed E-state index contributed by atoms with van der Waals surface area (Å²) in [5, 5.41) is 11.5. The molecule has 1 amide bonds. The number of carbonyl (C=O) groups is 1. The molecule has 0 heterocycles. The Morgan fingerprint density at radius 3 is 2.39 bits per heavy atom. The van der Waals surface area contributed by atoms with Crippen molar-refractivity contribution in [3.05, 3.63) is 64.1 Å². The van der Waals surface area contributed by atoms with Crippen molar-refractivity contribution in [3.63, 3.8) is 0 Å². The van der Waals surface area contributed by atoms with E-state index in [1.165, 1.54) is 0 Å². The van der Waals surface area contributed by atoms with E-state index in [1.54, 1.807) is 24.3 Å². The minimum absolute atomic E-state index is 0.202. The average molecular weight is 301 g/mol. The molecule has 0 radical (unpaired) electrons. The van der Waals surface area contributed by atoms with Crippen molar-refractivity contribution in [1.29, 1.82) is 5.26 Å². The van der Waals surface area contributed by atoms with Gasteiger partial charge in [0.25, 0.3) is 5.91 Å². The normalized spacial score (nSPS) is 9.56. The van der Waals surface area contributed by atoms with Crippen molar-refractivity contribution >= 4 is 27.5 Å². The Bertz CT molecular complexity index is 614. The van der Waals surface area contributed by atoms with Crippen molar-refractivity contribution in [2.75, 3.05) is 5.32 Å². The van der Waals surface area contributed by atoms with Gasteiger partial charge < -0.3 is 5.32 Å². The van der Waals surface area contributed by atoms with Gasteiger partial charge in [0, 0.05) is 10.0 Å². The Kier molecular flexibility index (Phi) is 3.75. The number of nitrogens with one attached hydrogen (secondary N) is 1. The van der Waals surface area contributed by atoms with Gasteiger partial charge in [0.2, 0.25) is 0 Å². The highest BCUT2D eigenvalue weighted by Crippen LogP contribution is 2.21. The number of rotatable bonds is 2. The molecular formula is C14H9BrN2O. The Balaban J connectivity index is 2.17. The molecule has 4 heteroatoms. The number of hydrogen-bond donors (Lipinski definition) is 1. The van der Waals surface area contributed by atoms with Crippen LogP contribution in [0.25, 0.3) is 0 Å². The van der Waals surface area contributed by atoms with Crippen LogP contribution in [0.5, 0.6) is 0 Å². The van der Waals surface area contributed by atoms with Gasteiger partial charge in [-0.05, 0) is 52.3 Å². The minimum atomic E-state index is -0.202. The first kappa shape index (κ1) is 12.3. The third-order valence-electron chi connectivity index (χ3n) is 2.40. The van der Waals surface area contributed by atoms with Gasteiger partial charge in [0.15, 0.2) is 0 Å². The lowest BCUT2D eigenvalue weighted by Crippen LogP contribution is -2.12. The van der Waals surface area contributed by atoms with E-state index in [1.807, 2.05) is 30.3 Å². The topological polar surface area (TPSA) is 52.9 Å². The summed E-state index contributed by atoms with van der Waals surface area (Å²) in [6.07, 6.45) is 0. The number of anilines is 1. The van der Waals surface area contributed by atoms with Crippen molar-refractivity contribution < 1.29 is 4.79 Å². The van der Waals surface area contributed by atoms with Gasteiger partial charge >= 0.3 is 0 Å². The number of para-hydroxylation sites is 1. The first-order chi connectivity index (χ1) is 8.70. The lowest BCUT2D eigenvalue weighted by atomic mass is 10.1. The maximum atomic E-state index is 12.0. The van der Waals surface area contributed by atoms with Gasteiger partial charge in [-0.3, -0.25) is 4.79 Å². The largest absolute Gasteiger partial charge is 0.321 e. The van der Waals surface area contributed by atoms with Gasteiger partial charge in [0.05, 0.1) is 17.3 Å².